The molecule has 0 aliphatic heterocycles. The molecule has 0 radical (unpaired) electrons. The van der Waals surface area contributed by atoms with Gasteiger partial charge in [0.15, 0.2) is 0 Å². The van der Waals surface area contributed by atoms with Crippen molar-refractivity contribution < 1.29 is 31.5 Å². The van der Waals surface area contributed by atoms with Gasteiger partial charge >= 0.3 is 0 Å². The minimum absolute atomic E-state index is 0.00956. The lowest BCUT2D eigenvalue weighted by molar-refractivity contribution is 0.0999. The lowest BCUT2D eigenvalue weighted by atomic mass is 10.1. The molecule has 1 aromatic heterocycles. The minimum atomic E-state index is -4.33. The largest absolute Gasteiger partial charge is 0.497 e. The fraction of sp³-hybridized carbons (Fsp3) is 0.237. The second kappa shape index (κ2) is 14.2. The quantitative estimate of drug-likeness (QED) is 0.136. The summed E-state index contributed by atoms with van der Waals surface area (Å²) in [5.74, 6) is -0.228. The number of carbonyl (C=O) groups excluding carboxylic acids is 1. The van der Waals surface area contributed by atoms with Crippen molar-refractivity contribution in [2.45, 2.75) is 43.8 Å². The molecule has 5 aromatic rings. The number of benzene rings is 4. The van der Waals surface area contributed by atoms with Gasteiger partial charge in [0.1, 0.15) is 28.0 Å². The number of sulfonamides is 1. The van der Waals surface area contributed by atoms with Crippen LogP contribution in [0.5, 0.6) is 11.5 Å². The topological polar surface area (TPSA) is 104 Å². The summed E-state index contributed by atoms with van der Waals surface area (Å²) in [6, 6.07) is 25.7. The van der Waals surface area contributed by atoms with Gasteiger partial charge in [0.25, 0.3) is 5.91 Å². The minimum Gasteiger partial charge on any atom is -0.497 e. The van der Waals surface area contributed by atoms with Crippen molar-refractivity contribution in [3.05, 3.63) is 137 Å². The summed E-state index contributed by atoms with van der Waals surface area (Å²) < 4.78 is 71.8. The van der Waals surface area contributed by atoms with E-state index in [1.807, 2.05) is 4.57 Å². The highest BCUT2D eigenvalue weighted by molar-refractivity contribution is 7.89. The zero-order valence-corrected chi connectivity index (χ0v) is 28.1. The maximum Gasteiger partial charge on any atom is 0.250 e. The van der Waals surface area contributed by atoms with Crippen LogP contribution in [0.4, 0.5) is 8.78 Å². The Kier molecular flexibility index (Phi) is 9.84. The van der Waals surface area contributed by atoms with Gasteiger partial charge in [-0.1, -0.05) is 30.3 Å². The Balaban J connectivity index is 1.35. The van der Waals surface area contributed by atoms with Crippen LogP contribution in [0.3, 0.4) is 0 Å². The van der Waals surface area contributed by atoms with Gasteiger partial charge in [0.2, 0.25) is 10.0 Å². The predicted molar refractivity (Wildman–Crippen MR) is 183 cm³/mol. The van der Waals surface area contributed by atoms with Crippen LogP contribution in [0.2, 0.25) is 0 Å². The fourth-order valence-electron chi connectivity index (χ4n) is 5.93. The third-order valence-corrected chi connectivity index (χ3v) is 10.6. The van der Waals surface area contributed by atoms with Crippen LogP contribution >= 0.6 is 0 Å². The van der Waals surface area contributed by atoms with Crippen molar-refractivity contribution in [1.82, 2.24) is 8.87 Å². The van der Waals surface area contributed by atoms with Gasteiger partial charge < -0.3 is 19.8 Å². The van der Waals surface area contributed by atoms with Crippen molar-refractivity contribution in [3.63, 3.8) is 0 Å². The van der Waals surface area contributed by atoms with Gasteiger partial charge in [0.05, 0.1) is 19.8 Å². The number of primary amides is 1. The number of nitrogens with zero attached hydrogens (tertiary/aromatic N) is 2. The highest BCUT2D eigenvalue weighted by Crippen LogP contribution is 2.37. The summed E-state index contributed by atoms with van der Waals surface area (Å²) >= 11 is 0. The molecular weight excluding hydrogens is 648 g/mol. The predicted octanol–water partition coefficient (Wildman–Crippen LogP) is 6.94. The van der Waals surface area contributed by atoms with Gasteiger partial charge in [-0.2, -0.15) is 4.31 Å². The Morgan fingerprint density at radius 2 is 1.37 bits per heavy atom. The zero-order chi connectivity index (χ0) is 34.7. The van der Waals surface area contributed by atoms with Gasteiger partial charge in [-0.05, 0) is 114 Å². The van der Waals surface area contributed by atoms with Gasteiger partial charge in [-0.25, -0.2) is 17.2 Å². The molecule has 0 unspecified atom stereocenters. The summed E-state index contributed by atoms with van der Waals surface area (Å²) in [7, 11) is -1.24. The molecule has 6 rings (SSSR count). The second-order valence-corrected chi connectivity index (χ2v) is 14.1. The van der Waals surface area contributed by atoms with E-state index in [2.05, 4.69) is 0 Å². The van der Waals surface area contributed by atoms with E-state index in [0.717, 1.165) is 18.5 Å². The highest BCUT2D eigenvalue weighted by atomic mass is 32.2. The van der Waals surface area contributed by atoms with Gasteiger partial charge in [-0.3, -0.25) is 4.79 Å². The smallest absolute Gasteiger partial charge is 0.250 e. The molecule has 254 valence electrons. The molecule has 1 heterocycles. The van der Waals surface area contributed by atoms with E-state index in [-0.39, 0.29) is 19.6 Å². The van der Waals surface area contributed by atoms with E-state index in [1.54, 1.807) is 87.0 Å². The molecule has 11 heteroatoms. The Morgan fingerprint density at radius 1 is 0.816 bits per heavy atom. The summed E-state index contributed by atoms with van der Waals surface area (Å²) in [6.07, 6.45) is 2.67. The Hall–Kier alpha value is -5.00. The maximum absolute atomic E-state index is 16.0. The first-order chi connectivity index (χ1) is 23.5. The van der Waals surface area contributed by atoms with E-state index in [9.17, 15) is 17.6 Å². The molecule has 49 heavy (non-hydrogen) atoms. The Morgan fingerprint density at radius 3 is 1.86 bits per heavy atom. The number of carbonyl (C=O) groups is 1. The monoisotopic (exact) mass is 685 g/mol. The van der Waals surface area contributed by atoms with E-state index >= 15 is 4.39 Å². The van der Waals surface area contributed by atoms with Crippen LogP contribution in [0, 0.1) is 17.6 Å². The number of methoxy groups -OCH3 is 2. The maximum atomic E-state index is 16.0. The van der Waals surface area contributed by atoms with Crippen molar-refractivity contribution >= 4 is 15.9 Å². The van der Waals surface area contributed by atoms with Crippen LogP contribution in [0.1, 0.15) is 45.6 Å². The average Bonchev–Trinajstić information content (AvgIpc) is 3.85. The summed E-state index contributed by atoms with van der Waals surface area (Å²) in [5, 5.41) is 0. The molecule has 1 saturated carbocycles. The molecule has 1 fully saturated rings. The standard InChI is InChI=1S/C38H37F2N3O5S/c1-47-31-14-5-26(6-15-31)22-42(23-27-7-16-32(48-2)17-8-27)49(45,46)37-18-9-28(19-34(37)40)24-43-35(29-10-12-30(39)13-11-29)21-33(38(41)44)36(43)20-25-3-4-25/h5-19,21,25H,3-4,20,22-24H2,1-2H3,(H2,41,44). The second-order valence-electron chi connectivity index (χ2n) is 12.2. The van der Waals surface area contributed by atoms with Crippen LogP contribution in [0.25, 0.3) is 11.3 Å². The molecule has 0 spiro atoms. The van der Waals surface area contributed by atoms with E-state index in [1.165, 1.54) is 28.6 Å². The Bertz CT molecular complexity index is 2010. The van der Waals surface area contributed by atoms with Crippen LogP contribution in [-0.4, -0.2) is 37.4 Å². The molecule has 0 bridgehead atoms. The first-order valence-corrected chi connectivity index (χ1v) is 17.3. The molecule has 2 N–H and O–H groups in total. The van der Waals surface area contributed by atoms with Crippen LogP contribution in [0.15, 0.2) is 102 Å². The van der Waals surface area contributed by atoms with Crippen molar-refractivity contribution in [2.24, 2.45) is 11.7 Å². The molecule has 8 nitrogen and oxygen atoms in total. The van der Waals surface area contributed by atoms with Crippen molar-refractivity contribution in [1.29, 1.82) is 0 Å². The number of nitrogens with two attached hydrogens (primary N) is 1. The molecule has 1 aliphatic rings. The molecule has 0 atom stereocenters. The van der Waals surface area contributed by atoms with E-state index in [4.69, 9.17) is 15.2 Å². The lowest BCUT2D eigenvalue weighted by Crippen LogP contribution is -2.31. The molecule has 1 aliphatic carbocycles. The molecular formula is C38H37F2N3O5S. The summed E-state index contributed by atoms with van der Waals surface area (Å²) in [4.78, 5) is 12.1. The number of ether oxygens (including phenoxy) is 2. The van der Waals surface area contributed by atoms with Crippen LogP contribution < -0.4 is 15.2 Å². The third kappa shape index (κ3) is 7.68. The van der Waals surface area contributed by atoms with E-state index < -0.39 is 32.5 Å². The molecule has 0 saturated heterocycles. The molecule has 1 amide bonds. The van der Waals surface area contributed by atoms with Crippen molar-refractivity contribution in [2.75, 3.05) is 14.2 Å². The number of aromatic nitrogens is 1. The lowest BCUT2D eigenvalue weighted by Gasteiger charge is -2.23. The number of hydrogen-bond donors (Lipinski definition) is 1. The average molecular weight is 686 g/mol. The van der Waals surface area contributed by atoms with Crippen molar-refractivity contribution in [3.8, 4) is 22.8 Å². The number of halogens is 2. The zero-order valence-electron chi connectivity index (χ0n) is 27.2. The Labute approximate surface area is 284 Å². The van der Waals surface area contributed by atoms with Gasteiger partial charge in [0, 0.05) is 31.0 Å². The first kappa shape index (κ1) is 33.9. The number of hydrogen-bond acceptors (Lipinski definition) is 5. The van der Waals surface area contributed by atoms with Gasteiger partial charge in [-0.15, -0.1) is 0 Å². The van der Waals surface area contributed by atoms with E-state index in [0.29, 0.717) is 57.3 Å². The summed E-state index contributed by atoms with van der Waals surface area (Å²) in [5.41, 5.74) is 10.1. The van der Waals surface area contributed by atoms with Crippen LogP contribution in [-0.2, 0) is 36.1 Å². The summed E-state index contributed by atoms with van der Waals surface area (Å²) in [6.45, 7) is 0.120. The SMILES string of the molecule is COc1ccc(CN(Cc2ccc(OC)cc2)S(=O)(=O)c2ccc(Cn3c(-c4ccc(F)cc4)cc(C(N)=O)c3CC3CC3)cc2F)cc1. The first-order valence-electron chi connectivity index (χ1n) is 15.9. The third-order valence-electron chi connectivity index (χ3n) is 8.78. The highest BCUT2D eigenvalue weighted by Gasteiger charge is 2.30. The normalized spacial score (nSPS) is 13.1. The number of amides is 1. The fourth-order valence-corrected chi connectivity index (χ4v) is 7.39. The number of rotatable bonds is 14. The molecule has 4 aromatic carbocycles.